The van der Waals surface area contributed by atoms with Crippen molar-refractivity contribution in [3.8, 4) is 11.1 Å². The van der Waals surface area contributed by atoms with E-state index in [1.165, 1.54) is 6.20 Å². The van der Waals surface area contributed by atoms with Crippen LogP contribution in [0.2, 0.25) is 0 Å². The zero-order chi connectivity index (χ0) is 18.4. The molecule has 8 heteroatoms. The molecule has 3 N–H and O–H groups in total. The van der Waals surface area contributed by atoms with E-state index in [1.807, 2.05) is 36.7 Å². The number of nitrogens with zero attached hydrogens (tertiary/aromatic N) is 3. The highest BCUT2D eigenvalue weighted by atomic mass is 19.1. The molecule has 0 bridgehead atoms. The van der Waals surface area contributed by atoms with Crippen LogP contribution in [-0.4, -0.2) is 50.8 Å². The second kappa shape index (κ2) is 5.88. The number of fused-ring (bicyclic) bond motifs is 2. The summed E-state index contributed by atoms with van der Waals surface area (Å²) in [5.41, 5.74) is 2.48. The van der Waals surface area contributed by atoms with E-state index in [9.17, 15) is 9.18 Å². The molecule has 0 aromatic carbocycles. The number of alkyl halides is 1. The molecule has 136 valence electrons. The highest BCUT2D eigenvalue weighted by Crippen LogP contribution is 2.29. The third-order valence-corrected chi connectivity index (χ3v) is 4.98. The average molecular weight is 364 g/mol. The van der Waals surface area contributed by atoms with Gasteiger partial charge in [-0.1, -0.05) is 0 Å². The molecule has 1 saturated heterocycles. The summed E-state index contributed by atoms with van der Waals surface area (Å²) in [6, 6.07) is 7.73. The third kappa shape index (κ3) is 2.65. The van der Waals surface area contributed by atoms with Crippen LogP contribution in [0.1, 0.15) is 10.4 Å². The van der Waals surface area contributed by atoms with E-state index in [-0.39, 0.29) is 25.5 Å². The molecule has 0 atom stereocenters. The van der Waals surface area contributed by atoms with Crippen LogP contribution in [-0.2, 0) is 0 Å². The van der Waals surface area contributed by atoms with Gasteiger partial charge in [-0.3, -0.25) is 4.79 Å². The van der Waals surface area contributed by atoms with Crippen LogP contribution in [0.4, 0.5) is 4.39 Å². The van der Waals surface area contributed by atoms with Gasteiger partial charge in [0.15, 0.2) is 5.67 Å². The van der Waals surface area contributed by atoms with Gasteiger partial charge in [0, 0.05) is 42.6 Å². The molecule has 0 radical (unpaired) electrons. The van der Waals surface area contributed by atoms with Gasteiger partial charge in [-0.25, -0.2) is 13.9 Å². The van der Waals surface area contributed by atoms with Crippen molar-refractivity contribution in [2.45, 2.75) is 5.67 Å². The Bertz CT molecular complexity index is 1160. The first-order valence-corrected chi connectivity index (χ1v) is 8.71. The van der Waals surface area contributed by atoms with Gasteiger partial charge in [0.1, 0.15) is 5.65 Å². The lowest BCUT2D eigenvalue weighted by Crippen LogP contribution is -2.61. The molecule has 0 spiro atoms. The lowest BCUT2D eigenvalue weighted by molar-refractivity contribution is 0.0750. The Hall–Kier alpha value is -3.26. The zero-order valence-electron chi connectivity index (χ0n) is 14.4. The topological polar surface area (TPSA) is 87.1 Å². The van der Waals surface area contributed by atoms with Gasteiger partial charge in [-0.15, -0.1) is 0 Å². The maximum Gasteiger partial charge on any atom is 0.255 e. The second-order valence-corrected chi connectivity index (χ2v) is 6.84. The van der Waals surface area contributed by atoms with Crippen LogP contribution in [0.25, 0.3) is 27.7 Å². The Labute approximate surface area is 153 Å². The summed E-state index contributed by atoms with van der Waals surface area (Å²) in [5.74, 6) is -0.327. The van der Waals surface area contributed by atoms with Gasteiger partial charge in [0.2, 0.25) is 0 Å². The van der Waals surface area contributed by atoms with E-state index < -0.39 is 5.67 Å². The number of aromatic amines is 1. The first-order valence-electron chi connectivity index (χ1n) is 8.71. The molecule has 5 rings (SSSR count). The molecule has 0 unspecified atom stereocenters. The van der Waals surface area contributed by atoms with Crippen molar-refractivity contribution in [1.82, 2.24) is 30.2 Å². The molecular formula is C19H17FN6O. The van der Waals surface area contributed by atoms with E-state index in [0.29, 0.717) is 11.1 Å². The van der Waals surface area contributed by atoms with Gasteiger partial charge < -0.3 is 15.6 Å². The Kier molecular flexibility index (Phi) is 3.48. The fraction of sp³-hybridized carbons (Fsp3) is 0.211. The summed E-state index contributed by atoms with van der Waals surface area (Å²) in [7, 11) is 0. The first kappa shape index (κ1) is 16.0. The van der Waals surface area contributed by atoms with Gasteiger partial charge >= 0.3 is 0 Å². The predicted octanol–water partition coefficient (Wildman–Crippen LogP) is 1.92. The number of halogens is 1. The molecule has 1 aliphatic heterocycles. The minimum absolute atomic E-state index is 0.00994. The number of H-pyrrole nitrogens is 1. The number of rotatable bonds is 4. The Morgan fingerprint density at radius 3 is 3.07 bits per heavy atom. The van der Waals surface area contributed by atoms with Crippen molar-refractivity contribution in [3.63, 3.8) is 0 Å². The molecule has 4 aromatic heterocycles. The molecule has 4 aromatic rings. The summed E-state index contributed by atoms with van der Waals surface area (Å²) in [6.07, 6.45) is 6.95. The molecule has 0 saturated carbocycles. The number of amides is 1. The first-order chi connectivity index (χ1) is 13.1. The van der Waals surface area contributed by atoms with Crippen molar-refractivity contribution in [1.29, 1.82) is 0 Å². The van der Waals surface area contributed by atoms with Crippen LogP contribution < -0.4 is 10.6 Å². The fourth-order valence-electron chi connectivity index (χ4n) is 3.37. The number of carbonyl (C=O) groups excluding carboxylic acids is 1. The van der Waals surface area contributed by atoms with E-state index >= 15 is 0 Å². The highest BCUT2D eigenvalue weighted by molar-refractivity contribution is 6.02. The molecule has 1 fully saturated rings. The van der Waals surface area contributed by atoms with Crippen molar-refractivity contribution in [2.24, 2.45) is 0 Å². The summed E-state index contributed by atoms with van der Waals surface area (Å²) < 4.78 is 15.8. The lowest BCUT2D eigenvalue weighted by Gasteiger charge is -2.34. The molecular weight excluding hydrogens is 347 g/mol. The van der Waals surface area contributed by atoms with Crippen molar-refractivity contribution >= 4 is 22.5 Å². The monoisotopic (exact) mass is 364 g/mol. The zero-order valence-corrected chi connectivity index (χ0v) is 14.4. The second-order valence-electron chi connectivity index (χ2n) is 6.84. The van der Waals surface area contributed by atoms with E-state index in [1.54, 1.807) is 10.7 Å². The molecule has 5 heterocycles. The van der Waals surface area contributed by atoms with E-state index in [4.69, 9.17) is 0 Å². The smallest absolute Gasteiger partial charge is 0.255 e. The number of pyridine rings is 2. The summed E-state index contributed by atoms with van der Waals surface area (Å²) in [4.78, 5) is 20.0. The van der Waals surface area contributed by atoms with Crippen molar-refractivity contribution in [2.75, 3.05) is 19.6 Å². The Balaban J connectivity index is 1.50. The van der Waals surface area contributed by atoms with Crippen molar-refractivity contribution in [3.05, 3.63) is 54.6 Å². The van der Waals surface area contributed by atoms with Gasteiger partial charge in [0.05, 0.1) is 23.8 Å². The number of nitrogens with one attached hydrogen (secondary N) is 3. The molecule has 1 aliphatic rings. The summed E-state index contributed by atoms with van der Waals surface area (Å²) >= 11 is 0. The predicted molar refractivity (Wildman–Crippen MR) is 99.3 cm³/mol. The number of hydrogen-bond donors (Lipinski definition) is 3. The quantitative estimate of drug-likeness (QED) is 0.516. The standard InChI is InChI=1S/C19H17FN6O/c20-19(9-21-10-19)11-24-18(27)15-8-25-26-5-3-12(6-16(15)26)14-7-23-17-13(14)2-1-4-22-17/h1-8,21H,9-11H2,(H,22,23)(H,24,27). The van der Waals surface area contributed by atoms with Gasteiger partial charge in [-0.05, 0) is 29.8 Å². The Morgan fingerprint density at radius 1 is 1.37 bits per heavy atom. The minimum atomic E-state index is -1.36. The minimum Gasteiger partial charge on any atom is -0.349 e. The van der Waals surface area contributed by atoms with Gasteiger partial charge in [-0.2, -0.15) is 5.10 Å². The summed E-state index contributed by atoms with van der Waals surface area (Å²) in [6.45, 7) is 0.519. The average Bonchev–Trinajstić information content (AvgIpc) is 3.28. The molecule has 7 nitrogen and oxygen atoms in total. The maximum absolute atomic E-state index is 14.1. The summed E-state index contributed by atoms with van der Waals surface area (Å²) in [5, 5.41) is 10.8. The molecule has 0 aliphatic carbocycles. The van der Waals surface area contributed by atoms with Crippen LogP contribution in [0.15, 0.2) is 49.1 Å². The van der Waals surface area contributed by atoms with E-state index in [0.717, 1.165) is 22.2 Å². The molecule has 27 heavy (non-hydrogen) atoms. The van der Waals surface area contributed by atoms with Crippen molar-refractivity contribution < 1.29 is 9.18 Å². The van der Waals surface area contributed by atoms with Crippen LogP contribution >= 0.6 is 0 Å². The third-order valence-electron chi connectivity index (χ3n) is 4.98. The largest absolute Gasteiger partial charge is 0.349 e. The van der Waals surface area contributed by atoms with Crippen LogP contribution in [0.3, 0.4) is 0 Å². The van der Waals surface area contributed by atoms with Gasteiger partial charge in [0.25, 0.3) is 5.91 Å². The lowest BCUT2D eigenvalue weighted by atomic mass is 9.99. The maximum atomic E-state index is 14.1. The fourth-order valence-corrected chi connectivity index (χ4v) is 3.37. The molecule has 1 amide bonds. The number of hydrogen-bond acceptors (Lipinski definition) is 4. The van der Waals surface area contributed by atoms with Crippen LogP contribution in [0, 0.1) is 0 Å². The number of aromatic nitrogens is 4. The Morgan fingerprint density at radius 2 is 2.26 bits per heavy atom. The number of carbonyl (C=O) groups is 1. The SMILES string of the molecule is O=C(NCC1(F)CNC1)c1cnn2ccc(-c3c[nH]c4ncccc34)cc12. The van der Waals surface area contributed by atoms with Crippen LogP contribution in [0.5, 0.6) is 0 Å². The normalized spacial score (nSPS) is 15.7. The highest BCUT2D eigenvalue weighted by Gasteiger charge is 2.37. The van der Waals surface area contributed by atoms with E-state index in [2.05, 4.69) is 25.7 Å².